The molecule has 0 aromatic heterocycles. The van der Waals surface area contributed by atoms with Crippen LogP contribution in [0.1, 0.15) is 32.6 Å². The molecule has 21 heavy (non-hydrogen) atoms. The molecule has 0 aliphatic carbocycles. The molecule has 126 valence electrons. The summed E-state index contributed by atoms with van der Waals surface area (Å²) in [4.78, 5) is 11.4. The second-order valence-corrected chi connectivity index (χ2v) is 7.55. The predicted molar refractivity (Wildman–Crippen MR) is 81.4 cm³/mol. The summed E-state index contributed by atoms with van der Waals surface area (Å²) in [6.07, 6.45) is 2.05. The second-order valence-electron chi connectivity index (χ2n) is 6.05. The van der Waals surface area contributed by atoms with Crippen LogP contribution in [0.5, 0.6) is 0 Å². The largest absolute Gasteiger partial charge is 0.386 e. The number of aliphatic hydroxyl groups excluding tert-OH is 1. The molecule has 3 N–H and O–H groups in total. The van der Waals surface area contributed by atoms with Crippen LogP contribution in [0.15, 0.2) is 0 Å². The van der Waals surface area contributed by atoms with Gasteiger partial charge in [-0.15, -0.1) is 0 Å². The Morgan fingerprint density at radius 2 is 1.90 bits per heavy atom. The number of rotatable bonds is 11. The summed E-state index contributed by atoms with van der Waals surface area (Å²) in [6, 6.07) is 0. The Bertz CT molecular complexity index is 409. The van der Waals surface area contributed by atoms with Crippen LogP contribution in [0.3, 0.4) is 0 Å². The molecule has 0 rings (SSSR count). The lowest BCUT2D eigenvalue weighted by Gasteiger charge is -2.31. The minimum Gasteiger partial charge on any atom is -0.386 e. The van der Waals surface area contributed by atoms with Crippen LogP contribution in [-0.2, 0) is 14.9 Å². The summed E-state index contributed by atoms with van der Waals surface area (Å²) in [7, 11) is -0.424. The molecule has 0 spiro atoms. The summed E-state index contributed by atoms with van der Waals surface area (Å²) in [5, 5.41) is 12.5. The Morgan fingerprint density at radius 1 is 1.29 bits per heavy atom. The maximum Gasteiger partial charge on any atom is 0.267 e. The number of nitrogens with one attached hydrogen (secondary N) is 1. The van der Waals surface area contributed by atoms with E-state index in [9.17, 15) is 18.3 Å². The van der Waals surface area contributed by atoms with Gasteiger partial charge in [-0.3, -0.25) is 9.35 Å². The highest BCUT2D eigenvalue weighted by Crippen LogP contribution is 2.03. The fourth-order valence-corrected chi connectivity index (χ4v) is 2.71. The van der Waals surface area contributed by atoms with Crippen molar-refractivity contribution in [1.82, 2.24) is 5.32 Å². The normalized spacial score (nSPS) is 14.0. The molecule has 0 aliphatic rings. The van der Waals surface area contributed by atoms with Crippen LogP contribution in [0.4, 0.5) is 0 Å². The Hall–Kier alpha value is -0.700. The number of amides is 1. The third-order valence-corrected chi connectivity index (χ3v) is 3.93. The maximum atomic E-state index is 11.4. The van der Waals surface area contributed by atoms with Gasteiger partial charge in [-0.1, -0.05) is 13.3 Å². The molecule has 0 saturated carbocycles. The average molecular weight is 325 g/mol. The van der Waals surface area contributed by atoms with E-state index in [1.165, 1.54) is 0 Å². The summed E-state index contributed by atoms with van der Waals surface area (Å²) in [6.45, 7) is 3.52. The molecular formula is C13H29N2O5S+. The maximum absolute atomic E-state index is 11.4. The summed E-state index contributed by atoms with van der Waals surface area (Å²) >= 11 is 0. The molecule has 0 aliphatic heterocycles. The first kappa shape index (κ1) is 20.3. The molecule has 7 nitrogen and oxygen atoms in total. The second kappa shape index (κ2) is 9.34. The number of likely N-dealkylation sites (N-methyl/N-ethyl adjacent to an activating group) is 1. The lowest BCUT2D eigenvalue weighted by Crippen LogP contribution is -2.48. The van der Waals surface area contributed by atoms with Crippen molar-refractivity contribution in [3.05, 3.63) is 0 Å². The van der Waals surface area contributed by atoms with Gasteiger partial charge in [0.05, 0.1) is 20.6 Å². The van der Waals surface area contributed by atoms with Gasteiger partial charge in [0, 0.05) is 19.4 Å². The third kappa shape index (κ3) is 12.7. The number of nitrogens with zero attached hydrogens (tertiary/aromatic N) is 1. The van der Waals surface area contributed by atoms with Crippen LogP contribution in [0, 0.1) is 0 Å². The van der Waals surface area contributed by atoms with Crippen molar-refractivity contribution < 1.29 is 27.4 Å². The van der Waals surface area contributed by atoms with E-state index in [0.29, 0.717) is 24.0 Å². The Labute approximate surface area is 127 Å². The van der Waals surface area contributed by atoms with Crippen molar-refractivity contribution in [3.63, 3.8) is 0 Å². The van der Waals surface area contributed by atoms with E-state index in [-0.39, 0.29) is 12.5 Å². The number of aliphatic hydroxyl groups is 1. The minimum atomic E-state index is -4.16. The molecule has 1 amide bonds. The molecule has 8 heteroatoms. The number of quaternary nitrogens is 1. The lowest BCUT2D eigenvalue weighted by atomic mass is 10.2. The molecule has 0 saturated heterocycles. The molecule has 0 fully saturated rings. The van der Waals surface area contributed by atoms with Crippen molar-refractivity contribution in [1.29, 1.82) is 0 Å². The first-order valence-electron chi connectivity index (χ1n) is 7.27. The smallest absolute Gasteiger partial charge is 0.267 e. The van der Waals surface area contributed by atoms with Crippen LogP contribution in [-0.4, -0.2) is 74.1 Å². The van der Waals surface area contributed by atoms with E-state index in [2.05, 4.69) is 5.32 Å². The van der Waals surface area contributed by atoms with Crippen LogP contribution >= 0.6 is 0 Å². The fraction of sp³-hybridized carbons (Fsp3) is 0.923. The van der Waals surface area contributed by atoms with E-state index in [1.54, 1.807) is 0 Å². The monoisotopic (exact) mass is 325 g/mol. The van der Waals surface area contributed by atoms with Crippen molar-refractivity contribution in [2.24, 2.45) is 0 Å². The highest BCUT2D eigenvalue weighted by Gasteiger charge is 2.23. The number of hydrogen-bond acceptors (Lipinski definition) is 4. The summed E-state index contributed by atoms with van der Waals surface area (Å²) < 4.78 is 30.5. The topological polar surface area (TPSA) is 104 Å². The molecular weight excluding hydrogens is 296 g/mol. The van der Waals surface area contributed by atoms with Crippen LogP contribution in [0.2, 0.25) is 0 Å². The van der Waals surface area contributed by atoms with Crippen molar-refractivity contribution >= 4 is 16.0 Å². The van der Waals surface area contributed by atoms with E-state index in [4.69, 9.17) is 4.55 Å². The molecule has 0 radical (unpaired) electrons. The van der Waals surface area contributed by atoms with E-state index in [1.807, 2.05) is 21.0 Å². The van der Waals surface area contributed by atoms with Crippen molar-refractivity contribution in [2.75, 3.05) is 39.5 Å². The zero-order valence-corrected chi connectivity index (χ0v) is 14.0. The van der Waals surface area contributed by atoms with E-state index < -0.39 is 22.0 Å². The predicted octanol–water partition coefficient (Wildman–Crippen LogP) is 0.00800. The Balaban J connectivity index is 3.94. The van der Waals surface area contributed by atoms with Crippen LogP contribution in [0.25, 0.3) is 0 Å². The SMILES string of the molecule is CCCCC(=O)NCCC[N+](C)(C)CC(O)CS(=O)(=O)O. The standard InChI is InChI=1S/C13H28N2O5S/c1-4-5-7-13(17)14-8-6-9-15(2,3)10-12(16)11-21(18,19)20/h12,16H,4-11H2,1-3H3,(H-,14,17,18,19,20)/p+1. The Kier molecular flexibility index (Phi) is 9.03. The first-order chi connectivity index (χ1) is 9.56. The zero-order chi connectivity index (χ0) is 16.5. The quantitative estimate of drug-likeness (QED) is 0.282. The number of unbranched alkanes of at least 4 members (excludes halogenated alkanes) is 1. The van der Waals surface area contributed by atoms with Crippen LogP contribution < -0.4 is 5.32 Å². The van der Waals surface area contributed by atoms with Crippen molar-refractivity contribution in [2.45, 2.75) is 38.7 Å². The first-order valence-corrected chi connectivity index (χ1v) is 8.88. The number of hydrogen-bond donors (Lipinski definition) is 3. The minimum absolute atomic E-state index is 0.0496. The van der Waals surface area contributed by atoms with Gasteiger partial charge >= 0.3 is 0 Å². The molecule has 0 bridgehead atoms. The average Bonchev–Trinajstić information content (AvgIpc) is 2.28. The molecule has 0 heterocycles. The van der Waals surface area contributed by atoms with Crippen molar-refractivity contribution in [3.8, 4) is 0 Å². The van der Waals surface area contributed by atoms with Gasteiger partial charge < -0.3 is 14.9 Å². The number of carbonyl (C=O) groups is 1. The van der Waals surface area contributed by atoms with Gasteiger partial charge in [0.25, 0.3) is 10.1 Å². The Morgan fingerprint density at radius 3 is 2.43 bits per heavy atom. The number of carbonyl (C=O) groups excluding carboxylic acids is 1. The summed E-state index contributed by atoms with van der Waals surface area (Å²) in [5.74, 6) is -0.601. The zero-order valence-electron chi connectivity index (χ0n) is 13.2. The lowest BCUT2D eigenvalue weighted by molar-refractivity contribution is -0.893. The molecule has 1 unspecified atom stereocenters. The molecule has 1 atom stereocenters. The fourth-order valence-electron chi connectivity index (χ4n) is 2.12. The van der Waals surface area contributed by atoms with Gasteiger partial charge in [-0.25, -0.2) is 0 Å². The summed E-state index contributed by atoms with van der Waals surface area (Å²) in [5.41, 5.74) is 0. The molecule has 0 aromatic carbocycles. The van der Waals surface area contributed by atoms with E-state index >= 15 is 0 Å². The third-order valence-electron chi connectivity index (χ3n) is 3.13. The van der Waals surface area contributed by atoms with Gasteiger partial charge in [-0.2, -0.15) is 8.42 Å². The highest BCUT2D eigenvalue weighted by atomic mass is 32.2. The van der Waals surface area contributed by atoms with Gasteiger partial charge in [-0.05, 0) is 6.42 Å². The van der Waals surface area contributed by atoms with Gasteiger partial charge in [0.2, 0.25) is 5.91 Å². The molecule has 0 aromatic rings. The van der Waals surface area contributed by atoms with E-state index in [0.717, 1.165) is 19.3 Å². The van der Waals surface area contributed by atoms with Gasteiger partial charge in [0.1, 0.15) is 18.4 Å². The highest BCUT2D eigenvalue weighted by molar-refractivity contribution is 7.85. The van der Waals surface area contributed by atoms with Gasteiger partial charge in [0.15, 0.2) is 0 Å².